The Bertz CT molecular complexity index is 853. The normalized spacial score (nSPS) is 10.8. The van der Waals surface area contributed by atoms with Crippen LogP contribution in [0.15, 0.2) is 34.8 Å². The Morgan fingerprint density at radius 1 is 1.14 bits per heavy atom. The second kappa shape index (κ2) is 5.88. The molecule has 0 aliphatic carbocycles. The van der Waals surface area contributed by atoms with Crippen LogP contribution in [0.4, 0.5) is 5.69 Å². The maximum Gasteiger partial charge on any atom is 0.256 e. The van der Waals surface area contributed by atoms with Crippen LogP contribution >= 0.6 is 50.9 Å². The average Bonchev–Trinajstić information content (AvgIpc) is 2.93. The van der Waals surface area contributed by atoms with E-state index >= 15 is 0 Å². The highest BCUT2D eigenvalue weighted by Crippen LogP contribution is 2.35. The van der Waals surface area contributed by atoms with Gasteiger partial charge >= 0.3 is 0 Å². The summed E-state index contributed by atoms with van der Waals surface area (Å²) < 4.78 is 8.94. The van der Waals surface area contributed by atoms with E-state index in [0.717, 1.165) is 11.7 Å². The fourth-order valence-corrected chi connectivity index (χ4v) is 3.44. The first-order valence-electron chi connectivity index (χ1n) is 5.74. The van der Waals surface area contributed by atoms with Crippen molar-refractivity contribution in [2.45, 2.75) is 0 Å². The zero-order valence-corrected chi connectivity index (χ0v) is 14.1. The molecule has 21 heavy (non-hydrogen) atoms. The molecule has 0 spiro atoms. The summed E-state index contributed by atoms with van der Waals surface area (Å²) in [6, 6.07) is 8.66. The second-order valence-electron chi connectivity index (χ2n) is 4.11. The summed E-state index contributed by atoms with van der Waals surface area (Å²) in [5, 5.41) is 3.49. The molecular weight excluding hydrogens is 397 g/mol. The summed E-state index contributed by atoms with van der Waals surface area (Å²) in [4.78, 5) is 12.4. The Kier molecular flexibility index (Phi) is 4.12. The van der Waals surface area contributed by atoms with Gasteiger partial charge in [-0.05, 0) is 34.1 Å². The van der Waals surface area contributed by atoms with Gasteiger partial charge in [-0.1, -0.05) is 35.3 Å². The predicted molar refractivity (Wildman–Crippen MR) is 89.5 cm³/mol. The second-order valence-corrected chi connectivity index (χ2v) is 6.31. The molecule has 0 fully saturated rings. The molecule has 1 aromatic heterocycles. The molecule has 0 radical (unpaired) electrons. The Morgan fingerprint density at radius 2 is 1.86 bits per heavy atom. The largest absolute Gasteiger partial charge is 0.319 e. The number of fused-ring (bicyclic) bond motifs is 1. The lowest BCUT2D eigenvalue weighted by Crippen LogP contribution is -2.13. The number of benzene rings is 2. The van der Waals surface area contributed by atoms with Crippen molar-refractivity contribution in [1.82, 2.24) is 8.75 Å². The van der Waals surface area contributed by atoms with Gasteiger partial charge in [-0.3, -0.25) is 4.79 Å². The van der Waals surface area contributed by atoms with Gasteiger partial charge in [0.15, 0.2) is 0 Å². The molecule has 3 rings (SSSR count). The third kappa shape index (κ3) is 2.76. The average molecular weight is 403 g/mol. The maximum absolute atomic E-state index is 12.4. The predicted octanol–water partition coefficient (Wildman–Crippen LogP) is 5.01. The zero-order valence-electron chi connectivity index (χ0n) is 10.2. The van der Waals surface area contributed by atoms with Crippen molar-refractivity contribution in [3.05, 3.63) is 50.4 Å². The lowest BCUT2D eigenvalue weighted by atomic mass is 10.2. The molecule has 0 unspecified atom stereocenters. The summed E-state index contributed by atoms with van der Waals surface area (Å²) in [5.41, 5.74) is 1.91. The number of hydrogen-bond donors (Lipinski definition) is 1. The molecule has 1 amide bonds. The summed E-state index contributed by atoms with van der Waals surface area (Å²) in [5.74, 6) is -0.291. The van der Waals surface area contributed by atoms with Crippen LogP contribution in [-0.4, -0.2) is 14.7 Å². The first-order valence-corrected chi connectivity index (χ1v) is 8.02. The van der Waals surface area contributed by atoms with Crippen LogP contribution in [0, 0.1) is 0 Å². The fraction of sp³-hybridized carbons (Fsp3) is 0. The molecule has 4 nitrogen and oxygen atoms in total. The zero-order chi connectivity index (χ0) is 15.0. The third-order valence-corrected chi connectivity index (χ3v) is 4.61. The number of halogens is 3. The molecule has 2 aromatic carbocycles. The van der Waals surface area contributed by atoms with Gasteiger partial charge in [0, 0.05) is 4.47 Å². The van der Waals surface area contributed by atoms with E-state index < -0.39 is 0 Å². The molecule has 0 saturated carbocycles. The van der Waals surface area contributed by atoms with Gasteiger partial charge in [-0.2, -0.15) is 8.75 Å². The first-order chi connectivity index (χ1) is 10.1. The van der Waals surface area contributed by atoms with Crippen molar-refractivity contribution in [2.24, 2.45) is 0 Å². The third-order valence-electron chi connectivity index (χ3n) is 2.80. The highest BCUT2D eigenvalue weighted by atomic mass is 79.9. The lowest BCUT2D eigenvalue weighted by molar-refractivity contribution is 0.102. The molecule has 0 saturated heterocycles. The van der Waals surface area contributed by atoms with Crippen molar-refractivity contribution in [3.63, 3.8) is 0 Å². The minimum absolute atomic E-state index is 0.291. The van der Waals surface area contributed by atoms with E-state index in [0.29, 0.717) is 36.8 Å². The van der Waals surface area contributed by atoms with Crippen LogP contribution in [0.25, 0.3) is 11.0 Å². The quantitative estimate of drug-likeness (QED) is 0.655. The van der Waals surface area contributed by atoms with Gasteiger partial charge in [0.25, 0.3) is 5.91 Å². The van der Waals surface area contributed by atoms with Gasteiger partial charge in [0.1, 0.15) is 11.0 Å². The van der Waals surface area contributed by atoms with Crippen LogP contribution in [0.5, 0.6) is 0 Å². The minimum Gasteiger partial charge on any atom is -0.319 e. The molecule has 106 valence electrons. The van der Waals surface area contributed by atoms with Crippen LogP contribution in [0.2, 0.25) is 10.0 Å². The summed E-state index contributed by atoms with van der Waals surface area (Å²) in [6.07, 6.45) is 0. The number of nitrogens with zero attached hydrogens (tertiary/aromatic N) is 2. The number of amides is 1. The highest BCUT2D eigenvalue weighted by molar-refractivity contribution is 9.10. The standard InChI is InChI=1S/C13H6BrCl2N3OS/c14-7-4-2-1-3-6(7)13(20)17-10-8(15)5-9(16)11-12(10)19-21-18-11/h1-5H,(H,17,20). The number of nitrogens with one attached hydrogen (secondary N) is 1. The molecule has 8 heteroatoms. The number of hydrogen-bond acceptors (Lipinski definition) is 4. The van der Waals surface area contributed by atoms with Crippen LogP contribution < -0.4 is 5.32 Å². The molecule has 0 atom stereocenters. The molecular formula is C13H6BrCl2N3OS. The number of carbonyl (C=O) groups excluding carboxylic acids is 1. The summed E-state index contributed by atoms with van der Waals surface area (Å²) in [7, 11) is 0. The van der Waals surface area contributed by atoms with E-state index in [9.17, 15) is 4.79 Å². The topological polar surface area (TPSA) is 54.9 Å². The lowest BCUT2D eigenvalue weighted by Gasteiger charge is -2.09. The van der Waals surface area contributed by atoms with Gasteiger partial charge in [0.05, 0.1) is 33.0 Å². The van der Waals surface area contributed by atoms with Crippen molar-refractivity contribution in [3.8, 4) is 0 Å². The number of carbonyl (C=O) groups is 1. The van der Waals surface area contributed by atoms with E-state index in [2.05, 4.69) is 30.0 Å². The van der Waals surface area contributed by atoms with Crippen molar-refractivity contribution >= 4 is 73.5 Å². The van der Waals surface area contributed by atoms with Crippen molar-refractivity contribution < 1.29 is 4.79 Å². The summed E-state index contributed by atoms with van der Waals surface area (Å²) >= 11 is 16.6. The molecule has 1 heterocycles. The SMILES string of the molecule is O=C(Nc1c(Cl)cc(Cl)c2nsnc12)c1ccccc1Br. The Labute approximate surface area is 142 Å². The van der Waals surface area contributed by atoms with Crippen LogP contribution in [-0.2, 0) is 0 Å². The molecule has 0 bridgehead atoms. The number of anilines is 1. The Balaban J connectivity index is 2.05. The molecule has 0 aliphatic heterocycles. The van der Waals surface area contributed by atoms with E-state index in [1.165, 1.54) is 0 Å². The van der Waals surface area contributed by atoms with E-state index in [-0.39, 0.29) is 5.91 Å². The maximum atomic E-state index is 12.4. The smallest absolute Gasteiger partial charge is 0.256 e. The summed E-state index contributed by atoms with van der Waals surface area (Å²) in [6.45, 7) is 0. The first kappa shape index (κ1) is 14.7. The van der Waals surface area contributed by atoms with E-state index in [1.807, 2.05) is 6.07 Å². The van der Waals surface area contributed by atoms with Crippen LogP contribution in [0.1, 0.15) is 10.4 Å². The fourth-order valence-electron chi connectivity index (χ4n) is 1.82. The molecule has 0 aliphatic rings. The highest BCUT2D eigenvalue weighted by Gasteiger charge is 2.17. The van der Waals surface area contributed by atoms with E-state index in [4.69, 9.17) is 23.2 Å². The van der Waals surface area contributed by atoms with Gasteiger partial charge in [-0.15, -0.1) is 0 Å². The van der Waals surface area contributed by atoms with Gasteiger partial charge in [0.2, 0.25) is 0 Å². The number of rotatable bonds is 2. The van der Waals surface area contributed by atoms with Gasteiger partial charge in [-0.25, -0.2) is 0 Å². The number of aromatic nitrogens is 2. The monoisotopic (exact) mass is 401 g/mol. The molecule has 3 aromatic rings. The van der Waals surface area contributed by atoms with Gasteiger partial charge < -0.3 is 5.32 Å². The Hall–Kier alpha value is -1.21. The minimum atomic E-state index is -0.291. The van der Waals surface area contributed by atoms with E-state index in [1.54, 1.807) is 24.3 Å². The Morgan fingerprint density at radius 3 is 2.62 bits per heavy atom. The van der Waals surface area contributed by atoms with Crippen molar-refractivity contribution in [1.29, 1.82) is 0 Å². The van der Waals surface area contributed by atoms with Crippen molar-refractivity contribution in [2.75, 3.05) is 5.32 Å². The van der Waals surface area contributed by atoms with Crippen LogP contribution in [0.3, 0.4) is 0 Å². The molecule has 1 N–H and O–H groups in total.